The summed E-state index contributed by atoms with van der Waals surface area (Å²) in [6.07, 6.45) is 1.32. The Morgan fingerprint density at radius 1 is 1.47 bits per heavy atom. The molecule has 0 bridgehead atoms. The summed E-state index contributed by atoms with van der Waals surface area (Å²) < 4.78 is 13.7. The Kier molecular flexibility index (Phi) is 4.04. The first-order valence-corrected chi connectivity index (χ1v) is 6.40. The van der Waals surface area contributed by atoms with E-state index in [-0.39, 0.29) is 11.5 Å². The minimum Gasteiger partial charge on any atom is -0.357 e. The second-order valence-electron chi connectivity index (χ2n) is 4.39. The van der Waals surface area contributed by atoms with Crippen molar-refractivity contribution in [2.75, 3.05) is 13.6 Å². The molecule has 0 aromatic heterocycles. The SMILES string of the molecule is CNC(=O)C1CCCN1C(=O)c1cc(Cl)ccc1F. The van der Waals surface area contributed by atoms with Crippen molar-refractivity contribution in [1.82, 2.24) is 10.2 Å². The van der Waals surface area contributed by atoms with Crippen LogP contribution in [0.5, 0.6) is 0 Å². The number of likely N-dealkylation sites (N-methyl/N-ethyl adjacent to an activating group) is 1. The van der Waals surface area contributed by atoms with Gasteiger partial charge in [0.2, 0.25) is 5.91 Å². The van der Waals surface area contributed by atoms with Crippen molar-refractivity contribution in [2.24, 2.45) is 0 Å². The largest absolute Gasteiger partial charge is 0.357 e. The molecule has 1 N–H and O–H groups in total. The van der Waals surface area contributed by atoms with Crippen molar-refractivity contribution in [3.63, 3.8) is 0 Å². The molecule has 1 aliphatic rings. The Morgan fingerprint density at radius 3 is 2.89 bits per heavy atom. The number of likely N-dealkylation sites (tertiary alicyclic amines) is 1. The number of halogens is 2. The Hall–Kier alpha value is -1.62. The highest BCUT2D eigenvalue weighted by Crippen LogP contribution is 2.23. The number of hydrogen-bond acceptors (Lipinski definition) is 2. The van der Waals surface area contributed by atoms with E-state index < -0.39 is 17.8 Å². The minimum absolute atomic E-state index is 0.0942. The van der Waals surface area contributed by atoms with Gasteiger partial charge in [-0.25, -0.2) is 4.39 Å². The maximum absolute atomic E-state index is 13.7. The molecule has 1 saturated heterocycles. The van der Waals surface area contributed by atoms with Gasteiger partial charge in [0.15, 0.2) is 0 Å². The van der Waals surface area contributed by atoms with Crippen LogP contribution in [0.4, 0.5) is 4.39 Å². The predicted molar refractivity (Wildman–Crippen MR) is 69.5 cm³/mol. The third kappa shape index (κ3) is 2.71. The fraction of sp³-hybridized carbons (Fsp3) is 0.385. The molecule has 1 aliphatic heterocycles. The van der Waals surface area contributed by atoms with Crippen LogP contribution in [0.15, 0.2) is 18.2 Å². The van der Waals surface area contributed by atoms with E-state index in [4.69, 9.17) is 11.6 Å². The number of amides is 2. The Labute approximate surface area is 115 Å². The number of nitrogens with zero attached hydrogens (tertiary/aromatic N) is 1. The second kappa shape index (κ2) is 5.57. The lowest BCUT2D eigenvalue weighted by Crippen LogP contribution is -2.45. The van der Waals surface area contributed by atoms with Crippen LogP contribution in [0.2, 0.25) is 5.02 Å². The zero-order chi connectivity index (χ0) is 14.0. The number of rotatable bonds is 2. The zero-order valence-corrected chi connectivity index (χ0v) is 11.2. The van der Waals surface area contributed by atoms with Gasteiger partial charge in [-0.2, -0.15) is 0 Å². The molecule has 4 nitrogen and oxygen atoms in total. The first-order valence-electron chi connectivity index (χ1n) is 6.02. The molecule has 1 aromatic carbocycles. The number of nitrogens with one attached hydrogen (secondary N) is 1. The summed E-state index contributed by atoms with van der Waals surface area (Å²) in [5.74, 6) is -1.35. The molecule has 6 heteroatoms. The van der Waals surface area contributed by atoms with Crippen LogP contribution in [0.1, 0.15) is 23.2 Å². The number of carbonyl (C=O) groups is 2. The summed E-state index contributed by atoms with van der Waals surface area (Å²) in [5.41, 5.74) is -0.0942. The summed E-state index contributed by atoms with van der Waals surface area (Å²) >= 11 is 5.78. The van der Waals surface area contributed by atoms with Crippen molar-refractivity contribution < 1.29 is 14.0 Å². The van der Waals surface area contributed by atoms with Crippen LogP contribution in [0.25, 0.3) is 0 Å². The molecular weight excluding hydrogens is 271 g/mol. The molecule has 0 spiro atoms. The van der Waals surface area contributed by atoms with Crippen molar-refractivity contribution in [3.8, 4) is 0 Å². The van der Waals surface area contributed by atoms with Crippen molar-refractivity contribution in [1.29, 1.82) is 0 Å². The monoisotopic (exact) mass is 284 g/mol. The quantitative estimate of drug-likeness (QED) is 0.901. The number of carbonyl (C=O) groups excluding carboxylic acids is 2. The van der Waals surface area contributed by atoms with E-state index in [9.17, 15) is 14.0 Å². The van der Waals surface area contributed by atoms with E-state index in [1.165, 1.54) is 24.1 Å². The topological polar surface area (TPSA) is 49.4 Å². The van der Waals surface area contributed by atoms with E-state index in [1.54, 1.807) is 0 Å². The fourth-order valence-electron chi connectivity index (χ4n) is 2.27. The van der Waals surface area contributed by atoms with Gasteiger partial charge in [0.1, 0.15) is 11.9 Å². The normalized spacial score (nSPS) is 18.5. The summed E-state index contributed by atoms with van der Waals surface area (Å²) in [7, 11) is 1.52. The Balaban J connectivity index is 2.28. The average molecular weight is 285 g/mol. The molecule has 2 amide bonds. The van der Waals surface area contributed by atoms with Gasteiger partial charge in [-0.3, -0.25) is 9.59 Å². The van der Waals surface area contributed by atoms with Gasteiger partial charge in [-0.1, -0.05) is 11.6 Å². The van der Waals surface area contributed by atoms with E-state index >= 15 is 0 Å². The molecule has 1 atom stereocenters. The third-order valence-electron chi connectivity index (χ3n) is 3.22. The molecule has 102 valence electrons. The summed E-state index contributed by atoms with van der Waals surface area (Å²) in [6, 6.07) is 3.29. The van der Waals surface area contributed by atoms with Gasteiger partial charge in [0.05, 0.1) is 5.56 Å². The molecule has 1 aromatic rings. The summed E-state index contributed by atoms with van der Waals surface area (Å²) in [5, 5.41) is 2.81. The van der Waals surface area contributed by atoms with Gasteiger partial charge in [-0.05, 0) is 31.0 Å². The Bertz CT molecular complexity index is 521. The lowest BCUT2D eigenvalue weighted by atomic mass is 10.1. The molecule has 1 unspecified atom stereocenters. The fourth-order valence-corrected chi connectivity index (χ4v) is 2.44. The third-order valence-corrected chi connectivity index (χ3v) is 3.46. The van der Waals surface area contributed by atoms with E-state index in [0.717, 1.165) is 12.5 Å². The standard InChI is InChI=1S/C13H14ClFN2O2/c1-16-12(18)11-3-2-6-17(11)13(19)9-7-8(14)4-5-10(9)15/h4-5,7,11H,2-3,6H2,1H3,(H,16,18). The zero-order valence-electron chi connectivity index (χ0n) is 10.5. The maximum Gasteiger partial charge on any atom is 0.257 e. The van der Waals surface area contributed by atoms with Crippen LogP contribution in [0, 0.1) is 5.82 Å². The maximum atomic E-state index is 13.7. The van der Waals surface area contributed by atoms with E-state index in [0.29, 0.717) is 18.0 Å². The van der Waals surface area contributed by atoms with Crippen LogP contribution in [-0.4, -0.2) is 36.3 Å². The smallest absolute Gasteiger partial charge is 0.257 e. The molecule has 0 radical (unpaired) electrons. The van der Waals surface area contributed by atoms with Gasteiger partial charge in [-0.15, -0.1) is 0 Å². The lowest BCUT2D eigenvalue weighted by molar-refractivity contribution is -0.124. The van der Waals surface area contributed by atoms with Crippen LogP contribution < -0.4 is 5.32 Å². The molecule has 1 fully saturated rings. The minimum atomic E-state index is -0.628. The van der Waals surface area contributed by atoms with Gasteiger partial charge < -0.3 is 10.2 Å². The lowest BCUT2D eigenvalue weighted by Gasteiger charge is -2.23. The van der Waals surface area contributed by atoms with Crippen LogP contribution >= 0.6 is 11.6 Å². The van der Waals surface area contributed by atoms with Crippen LogP contribution in [-0.2, 0) is 4.79 Å². The Morgan fingerprint density at radius 2 is 2.21 bits per heavy atom. The van der Waals surface area contributed by atoms with E-state index in [2.05, 4.69) is 5.32 Å². The van der Waals surface area contributed by atoms with Crippen LogP contribution in [0.3, 0.4) is 0 Å². The molecular formula is C13H14ClFN2O2. The molecule has 2 rings (SSSR count). The molecule has 0 saturated carbocycles. The van der Waals surface area contributed by atoms with Gasteiger partial charge in [0, 0.05) is 18.6 Å². The van der Waals surface area contributed by atoms with Gasteiger partial charge in [0.25, 0.3) is 5.91 Å². The highest BCUT2D eigenvalue weighted by molar-refractivity contribution is 6.31. The van der Waals surface area contributed by atoms with Crippen molar-refractivity contribution >= 4 is 23.4 Å². The van der Waals surface area contributed by atoms with Crippen molar-refractivity contribution in [2.45, 2.75) is 18.9 Å². The average Bonchev–Trinajstić information content (AvgIpc) is 2.89. The van der Waals surface area contributed by atoms with Crippen molar-refractivity contribution in [3.05, 3.63) is 34.6 Å². The first kappa shape index (κ1) is 13.8. The molecule has 0 aliphatic carbocycles. The highest BCUT2D eigenvalue weighted by atomic mass is 35.5. The predicted octanol–water partition coefficient (Wildman–Crippen LogP) is 1.83. The first-order chi connectivity index (χ1) is 9.04. The van der Waals surface area contributed by atoms with E-state index in [1.807, 2.05) is 0 Å². The second-order valence-corrected chi connectivity index (χ2v) is 4.83. The molecule has 19 heavy (non-hydrogen) atoms. The van der Waals surface area contributed by atoms with Gasteiger partial charge >= 0.3 is 0 Å². The number of hydrogen-bond donors (Lipinski definition) is 1. The number of benzene rings is 1. The summed E-state index contributed by atoms with van der Waals surface area (Å²) in [6.45, 7) is 0.447. The highest BCUT2D eigenvalue weighted by Gasteiger charge is 2.34. The summed E-state index contributed by atoms with van der Waals surface area (Å²) in [4.78, 5) is 25.4. The molecule has 1 heterocycles.